The van der Waals surface area contributed by atoms with Gasteiger partial charge in [-0.25, -0.2) is 4.90 Å². The number of amides is 3. The number of rotatable bonds is 3. The van der Waals surface area contributed by atoms with Gasteiger partial charge in [-0.1, -0.05) is 42.5 Å². The van der Waals surface area contributed by atoms with Crippen molar-refractivity contribution in [2.24, 2.45) is 11.8 Å². The second kappa shape index (κ2) is 6.37. The first-order valence-electron chi connectivity index (χ1n) is 10.8. The first kappa shape index (κ1) is 18.5. The van der Waals surface area contributed by atoms with Gasteiger partial charge >= 0.3 is 0 Å². The van der Waals surface area contributed by atoms with E-state index in [4.69, 9.17) is 0 Å². The lowest BCUT2D eigenvalue weighted by molar-refractivity contribution is -0.137. The molecule has 0 unspecified atom stereocenters. The number of hydrogen-bond donors (Lipinski definition) is 0. The molecule has 0 radical (unpaired) electrons. The number of imide groups is 1. The van der Waals surface area contributed by atoms with E-state index in [9.17, 15) is 14.4 Å². The van der Waals surface area contributed by atoms with Gasteiger partial charge < -0.3 is 4.90 Å². The van der Waals surface area contributed by atoms with Crippen molar-refractivity contribution in [3.05, 3.63) is 72.8 Å². The van der Waals surface area contributed by atoms with Crippen LogP contribution in [0.25, 0.3) is 0 Å². The van der Waals surface area contributed by atoms with Crippen molar-refractivity contribution in [1.29, 1.82) is 0 Å². The summed E-state index contributed by atoms with van der Waals surface area (Å²) in [4.78, 5) is 46.9. The minimum atomic E-state index is -1.12. The van der Waals surface area contributed by atoms with Crippen LogP contribution >= 0.6 is 0 Å². The quantitative estimate of drug-likeness (QED) is 0.574. The molecule has 2 aromatic carbocycles. The predicted molar refractivity (Wildman–Crippen MR) is 116 cm³/mol. The van der Waals surface area contributed by atoms with Crippen LogP contribution in [0.5, 0.6) is 0 Å². The van der Waals surface area contributed by atoms with Crippen molar-refractivity contribution in [3.63, 3.8) is 0 Å². The molecule has 156 valence electrons. The highest BCUT2D eigenvalue weighted by Crippen LogP contribution is 2.61. The van der Waals surface area contributed by atoms with Gasteiger partial charge in [0.05, 0.1) is 17.5 Å². The molecule has 6 heteroatoms. The standard InChI is InChI=1S/C25H23N3O3/c1-2-14-26-18-12-7-6-11-17(18)25(24(26)31)21-20(19-13-8-15-27(19)25)22(29)28(23(21)30)16-9-4-3-5-10-16/h2-7,9-12,19-21H,1,8,13-15H2/t19-,20+,21+,25+/m1/s1. The van der Waals surface area contributed by atoms with E-state index in [2.05, 4.69) is 11.5 Å². The van der Waals surface area contributed by atoms with Gasteiger partial charge in [-0.2, -0.15) is 0 Å². The summed E-state index contributed by atoms with van der Waals surface area (Å²) in [5.41, 5.74) is 1.12. The highest BCUT2D eigenvalue weighted by atomic mass is 16.2. The maximum Gasteiger partial charge on any atom is 0.253 e. The van der Waals surface area contributed by atoms with Crippen molar-refractivity contribution in [2.45, 2.75) is 24.4 Å². The molecular weight excluding hydrogens is 390 g/mol. The lowest BCUT2D eigenvalue weighted by atomic mass is 9.75. The Labute approximate surface area is 180 Å². The number of anilines is 2. The summed E-state index contributed by atoms with van der Waals surface area (Å²) in [6.07, 6.45) is 3.44. The highest BCUT2D eigenvalue weighted by molar-refractivity contribution is 6.26. The van der Waals surface area contributed by atoms with Crippen LogP contribution in [0.3, 0.4) is 0 Å². The summed E-state index contributed by atoms with van der Waals surface area (Å²) >= 11 is 0. The Bertz CT molecular complexity index is 1130. The van der Waals surface area contributed by atoms with Crippen LogP contribution < -0.4 is 9.80 Å². The van der Waals surface area contributed by atoms with Gasteiger partial charge in [0.1, 0.15) is 5.54 Å². The van der Waals surface area contributed by atoms with Crippen molar-refractivity contribution in [3.8, 4) is 0 Å². The summed E-state index contributed by atoms with van der Waals surface area (Å²) in [6, 6.07) is 16.7. The van der Waals surface area contributed by atoms with Gasteiger partial charge in [0.2, 0.25) is 11.8 Å². The Balaban J connectivity index is 1.58. The molecule has 3 fully saturated rings. The molecule has 6 nitrogen and oxygen atoms in total. The van der Waals surface area contributed by atoms with Gasteiger partial charge in [-0.3, -0.25) is 19.3 Å². The largest absolute Gasteiger partial charge is 0.306 e. The molecule has 6 rings (SSSR count). The summed E-state index contributed by atoms with van der Waals surface area (Å²) in [6.45, 7) is 4.91. The number of fused-ring (bicyclic) bond motifs is 7. The molecule has 0 bridgehead atoms. The molecule has 0 N–H and O–H groups in total. The maximum atomic E-state index is 14.1. The average Bonchev–Trinajstić information content (AvgIpc) is 3.48. The Morgan fingerprint density at radius 1 is 1.00 bits per heavy atom. The van der Waals surface area contributed by atoms with Crippen LogP contribution in [0.15, 0.2) is 67.3 Å². The third kappa shape index (κ3) is 2.08. The van der Waals surface area contributed by atoms with Crippen LogP contribution in [-0.4, -0.2) is 41.8 Å². The van der Waals surface area contributed by atoms with E-state index >= 15 is 0 Å². The Kier molecular flexibility index (Phi) is 3.81. The highest BCUT2D eigenvalue weighted by Gasteiger charge is 2.75. The fraction of sp³-hybridized carbons (Fsp3) is 0.320. The maximum absolute atomic E-state index is 14.1. The Morgan fingerprint density at radius 2 is 1.74 bits per heavy atom. The van der Waals surface area contributed by atoms with E-state index in [0.29, 0.717) is 18.8 Å². The molecular formula is C25H23N3O3. The zero-order chi connectivity index (χ0) is 21.3. The second-order valence-electron chi connectivity index (χ2n) is 8.74. The first-order valence-corrected chi connectivity index (χ1v) is 10.8. The van der Waals surface area contributed by atoms with Crippen LogP contribution in [0.2, 0.25) is 0 Å². The molecule has 4 aliphatic heterocycles. The van der Waals surface area contributed by atoms with Crippen LogP contribution in [0.1, 0.15) is 18.4 Å². The minimum Gasteiger partial charge on any atom is -0.306 e. The number of carbonyl (C=O) groups is 3. The molecule has 31 heavy (non-hydrogen) atoms. The summed E-state index contributed by atoms with van der Waals surface area (Å²) < 4.78 is 0. The first-order chi connectivity index (χ1) is 15.1. The third-order valence-electron chi connectivity index (χ3n) is 7.47. The van der Waals surface area contributed by atoms with Gasteiger partial charge in [0.15, 0.2) is 0 Å². The summed E-state index contributed by atoms with van der Waals surface area (Å²) in [7, 11) is 0. The molecule has 4 atom stereocenters. The molecule has 3 amide bonds. The molecule has 3 saturated heterocycles. The second-order valence-corrected chi connectivity index (χ2v) is 8.74. The van der Waals surface area contributed by atoms with E-state index in [-0.39, 0.29) is 23.8 Å². The number of nitrogens with zero attached hydrogens (tertiary/aromatic N) is 3. The lowest BCUT2D eigenvalue weighted by Gasteiger charge is -2.37. The van der Waals surface area contributed by atoms with E-state index in [0.717, 1.165) is 24.1 Å². The zero-order valence-corrected chi connectivity index (χ0v) is 17.1. The fourth-order valence-corrected chi connectivity index (χ4v) is 6.48. The number of benzene rings is 2. The van der Waals surface area contributed by atoms with Gasteiger partial charge in [0.25, 0.3) is 5.91 Å². The van der Waals surface area contributed by atoms with Crippen molar-refractivity contribution >= 4 is 29.1 Å². The molecule has 4 heterocycles. The average molecular weight is 413 g/mol. The Morgan fingerprint density at radius 3 is 2.52 bits per heavy atom. The zero-order valence-electron chi connectivity index (χ0n) is 17.1. The summed E-state index contributed by atoms with van der Waals surface area (Å²) in [5.74, 6) is -1.77. The van der Waals surface area contributed by atoms with E-state index in [1.165, 1.54) is 4.90 Å². The van der Waals surface area contributed by atoms with E-state index in [1.807, 2.05) is 42.5 Å². The van der Waals surface area contributed by atoms with Crippen LogP contribution in [-0.2, 0) is 19.9 Å². The van der Waals surface area contributed by atoms with Crippen molar-refractivity contribution in [2.75, 3.05) is 22.9 Å². The topological polar surface area (TPSA) is 60.9 Å². The number of hydrogen-bond acceptors (Lipinski definition) is 4. The number of para-hydroxylation sites is 2. The van der Waals surface area contributed by atoms with Crippen LogP contribution in [0.4, 0.5) is 11.4 Å². The predicted octanol–water partition coefficient (Wildman–Crippen LogP) is 2.70. The monoisotopic (exact) mass is 413 g/mol. The molecule has 4 aliphatic rings. The summed E-state index contributed by atoms with van der Waals surface area (Å²) in [5, 5.41) is 0. The van der Waals surface area contributed by atoms with Crippen molar-refractivity contribution < 1.29 is 14.4 Å². The van der Waals surface area contributed by atoms with Crippen LogP contribution in [0, 0.1) is 11.8 Å². The van der Waals surface area contributed by atoms with Crippen molar-refractivity contribution in [1.82, 2.24) is 4.90 Å². The number of carbonyl (C=O) groups excluding carboxylic acids is 3. The molecule has 0 saturated carbocycles. The smallest absolute Gasteiger partial charge is 0.253 e. The molecule has 2 aromatic rings. The molecule has 1 spiro atoms. The SMILES string of the molecule is C=CCN1C(=O)[C@]2(c3ccccc31)[C@@H]1C(=O)N(c3ccccc3)C(=O)[C@H]1[C@H]1CCCN12. The molecule has 0 aromatic heterocycles. The normalized spacial score (nSPS) is 31.5. The van der Waals surface area contributed by atoms with E-state index < -0.39 is 17.4 Å². The van der Waals surface area contributed by atoms with Gasteiger partial charge in [0, 0.05) is 23.8 Å². The minimum absolute atomic E-state index is 0.101. The molecule has 0 aliphatic carbocycles. The van der Waals surface area contributed by atoms with E-state index in [1.54, 1.807) is 23.1 Å². The lowest BCUT2D eigenvalue weighted by Crippen LogP contribution is -2.56. The Hall–Kier alpha value is -3.25. The van der Waals surface area contributed by atoms with Gasteiger partial charge in [-0.05, 0) is 37.6 Å². The van der Waals surface area contributed by atoms with Gasteiger partial charge in [-0.15, -0.1) is 6.58 Å². The fourth-order valence-electron chi connectivity index (χ4n) is 6.48. The third-order valence-corrected chi connectivity index (χ3v) is 7.47.